The van der Waals surface area contributed by atoms with E-state index in [1.54, 1.807) is 18.2 Å². The molecule has 0 aliphatic heterocycles. The van der Waals surface area contributed by atoms with Crippen molar-refractivity contribution in [2.45, 2.75) is 16.5 Å². The summed E-state index contributed by atoms with van der Waals surface area (Å²) < 4.78 is 40.3. The van der Waals surface area contributed by atoms with E-state index in [9.17, 15) is 22.4 Å². The zero-order valence-corrected chi connectivity index (χ0v) is 16.6. The van der Waals surface area contributed by atoms with Gasteiger partial charge in [0, 0.05) is 10.5 Å². The molecule has 3 aromatic rings. The Bertz CT molecular complexity index is 1200. The Kier molecular flexibility index (Phi) is 5.71. The third-order valence-electron chi connectivity index (χ3n) is 3.67. The van der Waals surface area contributed by atoms with Crippen LogP contribution in [0.25, 0.3) is 0 Å². The predicted molar refractivity (Wildman–Crippen MR) is 103 cm³/mol. The summed E-state index contributed by atoms with van der Waals surface area (Å²) in [5, 5.41) is 5.74. The summed E-state index contributed by atoms with van der Waals surface area (Å²) >= 11 is 3.11. The van der Waals surface area contributed by atoms with Gasteiger partial charge < -0.3 is 5.32 Å². The average molecular weight is 466 g/mol. The molecule has 1 amide bonds. The van der Waals surface area contributed by atoms with Gasteiger partial charge in [0.15, 0.2) is 5.03 Å². The largest absolute Gasteiger partial charge is 0.322 e. The number of aromatic nitrogens is 2. The highest BCUT2D eigenvalue weighted by Crippen LogP contribution is 2.19. The minimum atomic E-state index is -3.95. The van der Waals surface area contributed by atoms with Gasteiger partial charge in [-0.05, 0) is 36.4 Å². The number of nitrogens with one attached hydrogen (secondary N) is 1. The molecule has 0 aliphatic rings. The molecule has 0 aliphatic carbocycles. The van der Waals surface area contributed by atoms with Crippen LogP contribution >= 0.6 is 15.9 Å². The van der Waals surface area contributed by atoms with Crippen LogP contribution in [-0.2, 0) is 21.2 Å². The van der Waals surface area contributed by atoms with Crippen LogP contribution in [0.4, 0.5) is 10.1 Å². The van der Waals surface area contributed by atoms with E-state index >= 15 is 0 Å². The van der Waals surface area contributed by atoms with E-state index in [1.807, 2.05) is 0 Å². The number of carbonyl (C=O) groups excluding carboxylic acids is 1. The second kappa shape index (κ2) is 8.03. The van der Waals surface area contributed by atoms with E-state index < -0.39 is 33.7 Å². The number of anilines is 1. The quantitative estimate of drug-likeness (QED) is 0.624. The van der Waals surface area contributed by atoms with Crippen molar-refractivity contribution in [1.29, 1.82) is 0 Å². The highest BCUT2D eigenvalue weighted by molar-refractivity contribution is 9.10. The fraction of sp³-hybridized carbons (Fsp3) is 0.0556. The third-order valence-corrected chi connectivity index (χ3v) is 5.82. The van der Waals surface area contributed by atoms with Gasteiger partial charge in [0.2, 0.25) is 15.7 Å². The molecule has 0 atom stereocenters. The Morgan fingerprint density at radius 2 is 1.82 bits per heavy atom. The van der Waals surface area contributed by atoms with Gasteiger partial charge in [-0.15, -0.1) is 0 Å². The third kappa shape index (κ3) is 4.34. The van der Waals surface area contributed by atoms with Crippen molar-refractivity contribution in [3.05, 3.63) is 81.3 Å². The summed E-state index contributed by atoms with van der Waals surface area (Å²) in [6, 6.07) is 13.7. The molecule has 2 aromatic carbocycles. The molecule has 0 bridgehead atoms. The number of amides is 1. The molecule has 10 heteroatoms. The highest BCUT2D eigenvalue weighted by atomic mass is 79.9. The number of hydrogen-bond acceptors (Lipinski definition) is 5. The van der Waals surface area contributed by atoms with Crippen LogP contribution in [0.1, 0.15) is 0 Å². The molecule has 28 heavy (non-hydrogen) atoms. The maximum atomic E-state index is 13.8. The zero-order valence-electron chi connectivity index (χ0n) is 14.2. The van der Waals surface area contributed by atoms with Crippen molar-refractivity contribution in [2.24, 2.45) is 0 Å². The number of hydrogen-bond donors (Lipinski definition) is 1. The molecule has 1 aromatic heterocycles. The summed E-state index contributed by atoms with van der Waals surface area (Å²) in [5.41, 5.74) is -0.743. The van der Waals surface area contributed by atoms with Crippen LogP contribution in [0.3, 0.4) is 0 Å². The molecule has 0 unspecified atom stereocenters. The first-order valence-electron chi connectivity index (χ1n) is 7.90. The molecule has 0 spiro atoms. The Hall–Kier alpha value is -2.85. The van der Waals surface area contributed by atoms with Crippen molar-refractivity contribution < 1.29 is 17.6 Å². The van der Waals surface area contributed by atoms with Gasteiger partial charge in [-0.3, -0.25) is 9.59 Å². The molecule has 3 rings (SSSR count). The number of sulfone groups is 1. The summed E-state index contributed by atoms with van der Waals surface area (Å²) in [7, 11) is -3.95. The van der Waals surface area contributed by atoms with Gasteiger partial charge in [0.1, 0.15) is 12.4 Å². The predicted octanol–water partition coefficient (Wildman–Crippen LogP) is 2.62. The summed E-state index contributed by atoms with van der Waals surface area (Å²) in [6.07, 6.45) is 0. The van der Waals surface area contributed by atoms with Gasteiger partial charge in [0.25, 0.3) is 5.56 Å². The summed E-state index contributed by atoms with van der Waals surface area (Å²) in [5.74, 6) is -1.39. The Morgan fingerprint density at radius 1 is 1.11 bits per heavy atom. The molecule has 1 N–H and O–H groups in total. The van der Waals surface area contributed by atoms with Gasteiger partial charge in [-0.1, -0.05) is 34.1 Å². The molecule has 0 saturated heterocycles. The molecule has 0 saturated carbocycles. The van der Waals surface area contributed by atoms with E-state index in [-0.39, 0.29) is 15.6 Å². The molecule has 144 valence electrons. The zero-order chi connectivity index (χ0) is 20.3. The monoisotopic (exact) mass is 465 g/mol. The smallest absolute Gasteiger partial charge is 0.267 e. The Morgan fingerprint density at radius 3 is 2.50 bits per heavy atom. The fourth-order valence-corrected chi connectivity index (χ4v) is 3.87. The lowest BCUT2D eigenvalue weighted by Crippen LogP contribution is -2.30. The lowest BCUT2D eigenvalue weighted by Gasteiger charge is -2.09. The van der Waals surface area contributed by atoms with E-state index in [2.05, 4.69) is 26.3 Å². The average Bonchev–Trinajstić information content (AvgIpc) is 2.66. The first-order valence-corrected chi connectivity index (χ1v) is 10.2. The summed E-state index contributed by atoms with van der Waals surface area (Å²) in [6.45, 7) is -0.577. The van der Waals surface area contributed by atoms with Gasteiger partial charge in [-0.25, -0.2) is 17.5 Å². The molecular weight excluding hydrogens is 453 g/mol. The minimum Gasteiger partial charge on any atom is -0.322 e. The van der Waals surface area contributed by atoms with Crippen LogP contribution in [0, 0.1) is 5.82 Å². The first-order chi connectivity index (χ1) is 13.3. The van der Waals surface area contributed by atoms with Gasteiger partial charge in [0.05, 0.1) is 10.6 Å². The molecule has 0 radical (unpaired) electrons. The van der Waals surface area contributed by atoms with Crippen molar-refractivity contribution in [1.82, 2.24) is 9.78 Å². The number of carbonyl (C=O) groups is 1. The van der Waals surface area contributed by atoms with Gasteiger partial charge >= 0.3 is 0 Å². The highest BCUT2D eigenvalue weighted by Gasteiger charge is 2.20. The van der Waals surface area contributed by atoms with Crippen molar-refractivity contribution in [3.8, 4) is 0 Å². The maximum absolute atomic E-state index is 13.8. The number of benzene rings is 2. The van der Waals surface area contributed by atoms with Crippen molar-refractivity contribution in [3.63, 3.8) is 0 Å². The number of halogens is 2. The van der Waals surface area contributed by atoms with Crippen LogP contribution in [0.2, 0.25) is 0 Å². The van der Waals surface area contributed by atoms with Crippen LogP contribution in [0.5, 0.6) is 0 Å². The lowest BCUT2D eigenvalue weighted by molar-refractivity contribution is -0.117. The van der Waals surface area contributed by atoms with E-state index in [4.69, 9.17) is 0 Å². The van der Waals surface area contributed by atoms with Crippen LogP contribution in [-0.4, -0.2) is 24.1 Å². The second-order valence-electron chi connectivity index (χ2n) is 5.66. The Balaban J connectivity index is 1.86. The van der Waals surface area contributed by atoms with Gasteiger partial charge in [-0.2, -0.15) is 5.10 Å². The SMILES string of the molecule is O=C(Cn1nc(S(=O)(=O)c2ccccc2)ccc1=O)Nc1ccc(Br)cc1F. The minimum absolute atomic E-state index is 0.00841. The number of rotatable bonds is 5. The molecular formula is C18H13BrFN3O4S. The van der Waals surface area contributed by atoms with E-state index in [0.29, 0.717) is 9.15 Å². The second-order valence-corrected chi connectivity index (χ2v) is 8.47. The molecule has 1 heterocycles. The lowest BCUT2D eigenvalue weighted by atomic mass is 10.3. The molecule has 0 fully saturated rings. The first kappa shape index (κ1) is 19.9. The summed E-state index contributed by atoms with van der Waals surface area (Å²) in [4.78, 5) is 24.2. The van der Waals surface area contributed by atoms with Crippen LogP contribution < -0.4 is 10.9 Å². The standard InChI is InChI=1S/C18H13BrFN3O4S/c19-12-6-7-15(14(20)10-12)21-16(24)11-23-18(25)9-8-17(22-23)28(26,27)13-4-2-1-3-5-13/h1-10H,11H2,(H,21,24). The van der Waals surface area contributed by atoms with E-state index in [1.165, 1.54) is 30.3 Å². The molecule has 7 nitrogen and oxygen atoms in total. The topological polar surface area (TPSA) is 98.1 Å². The van der Waals surface area contributed by atoms with Crippen LogP contribution in [0.15, 0.2) is 79.9 Å². The number of nitrogens with zero attached hydrogens (tertiary/aromatic N) is 2. The van der Waals surface area contributed by atoms with Crippen molar-refractivity contribution in [2.75, 3.05) is 5.32 Å². The van der Waals surface area contributed by atoms with Crippen molar-refractivity contribution >= 4 is 37.4 Å². The van der Waals surface area contributed by atoms with E-state index in [0.717, 1.165) is 12.1 Å². The fourth-order valence-electron chi connectivity index (χ4n) is 2.32. The maximum Gasteiger partial charge on any atom is 0.267 e. The normalized spacial score (nSPS) is 11.2. The Labute approximate surface area is 167 Å².